The van der Waals surface area contributed by atoms with Gasteiger partial charge in [0.15, 0.2) is 0 Å². The maximum atomic E-state index is 12.4. The van der Waals surface area contributed by atoms with Crippen LogP contribution in [0, 0.1) is 0 Å². The zero-order valence-corrected chi connectivity index (χ0v) is 15.4. The van der Waals surface area contributed by atoms with Gasteiger partial charge in [-0.05, 0) is 24.3 Å². The molecule has 1 aliphatic rings. The zero-order chi connectivity index (χ0) is 17.3. The van der Waals surface area contributed by atoms with E-state index in [9.17, 15) is 13.2 Å². The third-order valence-electron chi connectivity index (χ3n) is 3.04. The predicted octanol–water partition coefficient (Wildman–Crippen LogP) is 1.71. The Morgan fingerprint density at radius 1 is 1.29 bits per heavy atom. The van der Waals surface area contributed by atoms with E-state index in [-0.39, 0.29) is 28.3 Å². The second-order valence-corrected chi connectivity index (χ2v) is 8.33. The van der Waals surface area contributed by atoms with Gasteiger partial charge in [0.1, 0.15) is 4.32 Å². The number of rotatable bonds is 5. The molecular formula is C12H10N4O4S4. The minimum atomic E-state index is -3.85. The Balaban J connectivity index is 1.84. The molecule has 0 spiro atoms. The number of benzene rings is 1. The molecule has 0 atom stereocenters. The number of thioether (sulfide) groups is 1. The van der Waals surface area contributed by atoms with Gasteiger partial charge in [0.25, 0.3) is 15.9 Å². The van der Waals surface area contributed by atoms with Crippen molar-refractivity contribution >= 4 is 67.5 Å². The van der Waals surface area contributed by atoms with Crippen LogP contribution >= 0.6 is 35.7 Å². The lowest BCUT2D eigenvalue weighted by Crippen LogP contribution is -2.27. The molecule has 0 unspecified atom stereocenters. The molecule has 24 heavy (non-hydrogen) atoms. The fraction of sp³-hybridized carbons (Fsp3) is 0.167. The molecule has 126 valence electrons. The monoisotopic (exact) mass is 402 g/mol. The molecule has 0 aliphatic carbocycles. The maximum Gasteiger partial charge on any atom is 0.271 e. The lowest BCUT2D eigenvalue weighted by molar-refractivity contribution is -0.115. The van der Waals surface area contributed by atoms with Gasteiger partial charge in [0.05, 0.1) is 35.2 Å². The van der Waals surface area contributed by atoms with E-state index in [0.29, 0.717) is 10.0 Å². The number of sulfonamides is 1. The van der Waals surface area contributed by atoms with Crippen molar-refractivity contribution < 1.29 is 17.9 Å². The summed E-state index contributed by atoms with van der Waals surface area (Å²) in [6.45, 7) is 0. The predicted molar refractivity (Wildman–Crippen MR) is 96.3 cm³/mol. The Bertz CT molecular complexity index is 878. The molecule has 1 aliphatic heterocycles. The van der Waals surface area contributed by atoms with Crippen LogP contribution in [0.15, 0.2) is 29.2 Å². The molecule has 0 saturated carbocycles. The first kappa shape index (κ1) is 17.1. The van der Waals surface area contributed by atoms with Gasteiger partial charge in [-0.25, -0.2) is 8.42 Å². The first-order chi connectivity index (χ1) is 11.4. The van der Waals surface area contributed by atoms with Gasteiger partial charge in [0.2, 0.25) is 11.7 Å². The summed E-state index contributed by atoms with van der Waals surface area (Å²) < 4.78 is 40.1. The molecule has 2 heterocycles. The molecule has 0 radical (unpaired) electrons. The average molecular weight is 403 g/mol. The quantitative estimate of drug-likeness (QED) is 0.754. The molecule has 1 N–H and O–H groups in total. The number of hydrogen-bond acceptors (Lipinski definition) is 9. The Morgan fingerprint density at radius 3 is 2.58 bits per heavy atom. The molecule has 1 aromatic carbocycles. The van der Waals surface area contributed by atoms with E-state index in [1.165, 1.54) is 48.0 Å². The van der Waals surface area contributed by atoms with Crippen molar-refractivity contribution in [1.82, 2.24) is 8.75 Å². The molecule has 8 nitrogen and oxygen atoms in total. The van der Waals surface area contributed by atoms with Gasteiger partial charge in [0, 0.05) is 0 Å². The van der Waals surface area contributed by atoms with E-state index in [2.05, 4.69) is 13.5 Å². The molecular weight excluding hydrogens is 392 g/mol. The standard InChI is InChI=1S/C12H10N4O4S4/c1-20-11-10(13-23-14-11)15-24(18,19)8-4-2-7(3-5-8)16-9(17)6-22-12(16)21/h2-5H,6H2,1H3,(H,13,15). The van der Waals surface area contributed by atoms with Gasteiger partial charge in [-0.3, -0.25) is 14.4 Å². The summed E-state index contributed by atoms with van der Waals surface area (Å²) in [5.74, 6) is 0.290. The fourth-order valence-corrected chi connectivity index (χ4v) is 4.58. The van der Waals surface area contributed by atoms with Crippen molar-refractivity contribution in [2.24, 2.45) is 0 Å². The van der Waals surface area contributed by atoms with Crippen molar-refractivity contribution in [2.45, 2.75) is 4.90 Å². The highest BCUT2D eigenvalue weighted by Gasteiger charge is 2.28. The van der Waals surface area contributed by atoms with Crippen LogP contribution in [0.5, 0.6) is 5.88 Å². The van der Waals surface area contributed by atoms with Crippen LogP contribution in [0.1, 0.15) is 0 Å². The van der Waals surface area contributed by atoms with E-state index in [0.717, 1.165) is 11.7 Å². The van der Waals surface area contributed by atoms with Crippen molar-refractivity contribution in [3.8, 4) is 5.88 Å². The van der Waals surface area contributed by atoms with Gasteiger partial charge >= 0.3 is 0 Å². The van der Waals surface area contributed by atoms with Crippen molar-refractivity contribution in [2.75, 3.05) is 22.5 Å². The summed E-state index contributed by atoms with van der Waals surface area (Å²) in [5, 5.41) is 0. The van der Waals surface area contributed by atoms with Crippen molar-refractivity contribution in [1.29, 1.82) is 0 Å². The number of ether oxygens (including phenoxy) is 1. The molecule has 3 rings (SSSR count). The summed E-state index contributed by atoms with van der Waals surface area (Å²) in [4.78, 5) is 13.2. The number of carbonyl (C=O) groups excluding carboxylic acids is 1. The van der Waals surface area contributed by atoms with Crippen molar-refractivity contribution in [3.63, 3.8) is 0 Å². The number of hydrogen-bond donors (Lipinski definition) is 1. The number of methoxy groups -OCH3 is 1. The van der Waals surface area contributed by atoms with Crippen LogP contribution < -0.4 is 14.4 Å². The SMILES string of the molecule is COc1nsnc1NS(=O)(=O)c1ccc(N2C(=O)CSC2=S)cc1. The highest BCUT2D eigenvalue weighted by Crippen LogP contribution is 2.28. The third kappa shape index (κ3) is 3.22. The zero-order valence-electron chi connectivity index (χ0n) is 12.1. The summed E-state index contributed by atoms with van der Waals surface area (Å²) in [5.41, 5.74) is 0.529. The van der Waals surface area contributed by atoms with Gasteiger partial charge in [-0.15, -0.1) is 4.37 Å². The topological polar surface area (TPSA) is 101 Å². The number of anilines is 2. The Hall–Kier alpha value is -1.76. The van der Waals surface area contributed by atoms with E-state index < -0.39 is 10.0 Å². The molecule has 1 aromatic heterocycles. The minimum absolute atomic E-state index is 0.0199. The first-order valence-corrected chi connectivity index (χ1v) is 10.0. The molecule has 1 amide bonds. The summed E-state index contributed by atoms with van der Waals surface area (Å²) in [6, 6.07) is 5.84. The highest BCUT2D eigenvalue weighted by molar-refractivity contribution is 8.24. The minimum Gasteiger partial charge on any atom is -0.478 e. The molecule has 2 aromatic rings. The van der Waals surface area contributed by atoms with Gasteiger partial charge in [-0.2, -0.15) is 4.37 Å². The molecule has 1 saturated heterocycles. The molecule has 12 heteroatoms. The van der Waals surface area contributed by atoms with Crippen LogP contribution in [0.3, 0.4) is 0 Å². The normalized spacial score (nSPS) is 15.0. The molecule has 1 fully saturated rings. The smallest absolute Gasteiger partial charge is 0.271 e. The average Bonchev–Trinajstić information content (AvgIpc) is 3.13. The number of amides is 1. The first-order valence-electron chi connectivity index (χ1n) is 6.41. The Kier molecular flexibility index (Phi) is 4.71. The van der Waals surface area contributed by atoms with Gasteiger partial charge in [-0.1, -0.05) is 24.0 Å². The number of carbonyl (C=O) groups is 1. The number of nitrogens with zero attached hydrogens (tertiary/aromatic N) is 3. The number of thiocarbonyl (C=S) groups is 1. The molecule has 0 bridgehead atoms. The lowest BCUT2D eigenvalue weighted by Gasteiger charge is -2.15. The van der Waals surface area contributed by atoms with Crippen LogP contribution in [-0.2, 0) is 14.8 Å². The van der Waals surface area contributed by atoms with E-state index >= 15 is 0 Å². The number of aromatic nitrogens is 2. The highest BCUT2D eigenvalue weighted by atomic mass is 32.2. The van der Waals surface area contributed by atoms with Crippen LogP contribution in [-0.4, -0.2) is 40.3 Å². The largest absolute Gasteiger partial charge is 0.478 e. The number of nitrogens with one attached hydrogen (secondary N) is 1. The fourth-order valence-electron chi connectivity index (χ4n) is 1.94. The van der Waals surface area contributed by atoms with Crippen LogP contribution in [0.4, 0.5) is 11.5 Å². The second kappa shape index (κ2) is 6.63. The van der Waals surface area contributed by atoms with E-state index in [4.69, 9.17) is 17.0 Å². The van der Waals surface area contributed by atoms with E-state index in [1.54, 1.807) is 0 Å². The maximum absolute atomic E-state index is 12.4. The van der Waals surface area contributed by atoms with Crippen LogP contribution in [0.25, 0.3) is 0 Å². The summed E-state index contributed by atoms with van der Waals surface area (Å²) in [6.07, 6.45) is 0. The van der Waals surface area contributed by atoms with Crippen molar-refractivity contribution in [3.05, 3.63) is 24.3 Å². The van der Waals surface area contributed by atoms with Gasteiger partial charge < -0.3 is 4.74 Å². The summed E-state index contributed by atoms with van der Waals surface area (Å²) >= 11 is 7.23. The lowest BCUT2D eigenvalue weighted by atomic mass is 10.3. The second-order valence-electron chi connectivity index (χ2n) is 4.51. The van der Waals surface area contributed by atoms with E-state index in [1.807, 2.05) is 0 Å². The Labute approximate surface area is 151 Å². The summed E-state index contributed by atoms with van der Waals surface area (Å²) in [7, 11) is -2.48. The van der Waals surface area contributed by atoms with Crippen LogP contribution in [0.2, 0.25) is 0 Å². The Morgan fingerprint density at radius 2 is 2.00 bits per heavy atom. The third-order valence-corrected chi connectivity index (χ3v) is 6.26.